The molecule has 0 aromatic heterocycles. The van der Waals surface area contributed by atoms with E-state index in [0.29, 0.717) is 28.8 Å². The SMILES string of the molecule is O=C(Nc1ccc(F)cc1)c1cccc(N2C(=O)[C@@H]3[C@H]4C=C[C@H]([C@H]5C[C@@H]45)[C@@H]3C2=O)c1. The molecule has 2 bridgehead atoms. The summed E-state index contributed by atoms with van der Waals surface area (Å²) >= 11 is 0. The molecule has 7 rings (SSSR count). The maximum absolute atomic E-state index is 13.2. The van der Waals surface area contributed by atoms with Crippen molar-refractivity contribution in [2.45, 2.75) is 6.42 Å². The molecule has 1 saturated heterocycles. The van der Waals surface area contributed by atoms with Crippen LogP contribution in [0.25, 0.3) is 0 Å². The van der Waals surface area contributed by atoms with Crippen LogP contribution in [0.2, 0.25) is 0 Å². The van der Waals surface area contributed by atoms with E-state index in [1.54, 1.807) is 24.3 Å². The van der Waals surface area contributed by atoms with Crippen LogP contribution in [0, 0.1) is 41.3 Å². The average molecular weight is 402 g/mol. The van der Waals surface area contributed by atoms with Gasteiger partial charge in [0.1, 0.15) is 5.82 Å². The quantitative estimate of drug-likeness (QED) is 0.630. The van der Waals surface area contributed by atoms with Gasteiger partial charge in [-0.05, 0) is 72.6 Å². The number of rotatable bonds is 3. The third-order valence-electron chi connectivity index (χ3n) is 7.13. The van der Waals surface area contributed by atoms with Gasteiger partial charge in [0.25, 0.3) is 5.91 Å². The highest BCUT2D eigenvalue weighted by Gasteiger charge is 2.67. The van der Waals surface area contributed by atoms with Gasteiger partial charge in [-0.25, -0.2) is 9.29 Å². The van der Waals surface area contributed by atoms with Crippen molar-refractivity contribution >= 4 is 29.1 Å². The van der Waals surface area contributed by atoms with Crippen LogP contribution in [0.15, 0.2) is 60.7 Å². The second-order valence-electron chi connectivity index (χ2n) is 8.68. The first-order valence-electron chi connectivity index (χ1n) is 10.3. The van der Waals surface area contributed by atoms with Gasteiger partial charge < -0.3 is 5.32 Å². The van der Waals surface area contributed by atoms with Gasteiger partial charge in [-0.3, -0.25) is 14.4 Å². The third-order valence-corrected chi connectivity index (χ3v) is 7.13. The molecule has 1 N–H and O–H groups in total. The summed E-state index contributed by atoms with van der Waals surface area (Å²) in [6, 6.07) is 12.0. The molecule has 0 spiro atoms. The number of nitrogens with zero attached hydrogens (tertiary/aromatic N) is 1. The summed E-state index contributed by atoms with van der Waals surface area (Å²) in [5.74, 6) is -0.187. The molecule has 6 heteroatoms. The maximum Gasteiger partial charge on any atom is 0.255 e. The summed E-state index contributed by atoms with van der Waals surface area (Å²) < 4.78 is 13.1. The van der Waals surface area contributed by atoms with Crippen molar-refractivity contribution in [3.8, 4) is 0 Å². The Hall–Kier alpha value is -3.28. The zero-order chi connectivity index (χ0) is 20.6. The van der Waals surface area contributed by atoms with Gasteiger partial charge in [0, 0.05) is 11.3 Å². The van der Waals surface area contributed by atoms with E-state index in [1.807, 2.05) is 0 Å². The van der Waals surface area contributed by atoms with Crippen molar-refractivity contribution in [2.24, 2.45) is 35.5 Å². The number of allylic oxidation sites excluding steroid dienone is 2. The highest BCUT2D eigenvalue weighted by atomic mass is 19.1. The molecule has 4 aliphatic carbocycles. The van der Waals surface area contributed by atoms with E-state index in [1.165, 1.54) is 29.2 Å². The summed E-state index contributed by atoms with van der Waals surface area (Å²) in [5.41, 5.74) is 1.23. The fourth-order valence-electron chi connectivity index (χ4n) is 5.73. The number of benzene rings is 2. The lowest BCUT2D eigenvalue weighted by atomic mass is 9.63. The summed E-state index contributed by atoms with van der Waals surface area (Å²) in [5, 5.41) is 2.71. The normalized spacial score (nSPS) is 32.8. The summed E-state index contributed by atoms with van der Waals surface area (Å²) in [4.78, 5) is 40.4. The van der Waals surface area contributed by atoms with Crippen molar-refractivity contribution in [2.75, 3.05) is 10.2 Å². The average Bonchev–Trinajstić information content (AvgIpc) is 3.53. The molecule has 2 saturated carbocycles. The molecule has 6 atom stereocenters. The Bertz CT molecular complexity index is 1090. The van der Waals surface area contributed by atoms with Crippen molar-refractivity contribution in [3.63, 3.8) is 0 Å². The number of halogens is 1. The molecule has 1 aliphatic heterocycles. The van der Waals surface area contributed by atoms with Gasteiger partial charge in [-0.1, -0.05) is 18.2 Å². The topological polar surface area (TPSA) is 66.5 Å². The Morgan fingerprint density at radius 3 is 2.20 bits per heavy atom. The predicted molar refractivity (Wildman–Crippen MR) is 108 cm³/mol. The van der Waals surface area contributed by atoms with E-state index in [0.717, 1.165) is 6.42 Å². The first-order chi connectivity index (χ1) is 14.5. The number of anilines is 2. The first-order valence-corrected chi connectivity index (χ1v) is 10.3. The molecule has 0 unspecified atom stereocenters. The fourth-order valence-corrected chi connectivity index (χ4v) is 5.73. The number of hydrogen-bond acceptors (Lipinski definition) is 3. The zero-order valence-electron chi connectivity index (χ0n) is 16.0. The van der Waals surface area contributed by atoms with Crippen LogP contribution in [0.1, 0.15) is 16.8 Å². The molecule has 3 fully saturated rings. The fraction of sp³-hybridized carbons (Fsp3) is 0.292. The minimum Gasteiger partial charge on any atom is -0.322 e. The smallest absolute Gasteiger partial charge is 0.255 e. The summed E-state index contributed by atoms with van der Waals surface area (Å²) in [6.07, 6.45) is 5.40. The lowest BCUT2D eigenvalue weighted by molar-refractivity contribution is -0.124. The number of nitrogens with one attached hydrogen (secondary N) is 1. The maximum atomic E-state index is 13.2. The molecule has 5 aliphatic rings. The van der Waals surface area contributed by atoms with Crippen molar-refractivity contribution in [1.29, 1.82) is 0 Å². The van der Waals surface area contributed by atoms with Crippen LogP contribution < -0.4 is 10.2 Å². The standard InChI is InChI=1S/C24H19FN2O3/c25-13-4-6-14(7-5-13)26-22(28)12-2-1-3-15(10-12)27-23(29)20-16-8-9-17(19-11-18(16)19)21(20)24(27)30/h1-10,16-21H,11H2,(H,26,28)/t16-,17+,18-,19+,20+,21-. The minimum absolute atomic E-state index is 0.147. The van der Waals surface area contributed by atoms with Crippen LogP contribution >= 0.6 is 0 Å². The second-order valence-corrected chi connectivity index (χ2v) is 8.68. The number of carbonyl (C=O) groups is 3. The van der Waals surface area contributed by atoms with E-state index in [4.69, 9.17) is 0 Å². The Labute approximate surface area is 172 Å². The largest absolute Gasteiger partial charge is 0.322 e. The molecule has 0 radical (unpaired) electrons. The van der Waals surface area contributed by atoms with Gasteiger partial charge in [0.15, 0.2) is 0 Å². The molecule has 2 aromatic carbocycles. The Balaban J connectivity index is 1.28. The van der Waals surface area contributed by atoms with E-state index in [-0.39, 0.29) is 47.2 Å². The molecular weight excluding hydrogens is 383 g/mol. The monoisotopic (exact) mass is 402 g/mol. The van der Waals surface area contributed by atoms with E-state index < -0.39 is 0 Å². The molecule has 30 heavy (non-hydrogen) atoms. The van der Waals surface area contributed by atoms with Gasteiger partial charge >= 0.3 is 0 Å². The lowest BCUT2D eigenvalue weighted by Gasteiger charge is -2.37. The lowest BCUT2D eigenvalue weighted by Crippen LogP contribution is -2.40. The van der Waals surface area contributed by atoms with Gasteiger partial charge in [0.2, 0.25) is 11.8 Å². The van der Waals surface area contributed by atoms with Crippen molar-refractivity contribution < 1.29 is 18.8 Å². The number of imide groups is 1. The highest BCUT2D eigenvalue weighted by molar-refractivity contribution is 6.23. The van der Waals surface area contributed by atoms with Crippen LogP contribution in [0.5, 0.6) is 0 Å². The van der Waals surface area contributed by atoms with E-state index >= 15 is 0 Å². The van der Waals surface area contributed by atoms with Crippen molar-refractivity contribution in [1.82, 2.24) is 0 Å². The molecule has 5 nitrogen and oxygen atoms in total. The molecule has 2 aromatic rings. The van der Waals surface area contributed by atoms with Crippen LogP contribution in [0.4, 0.5) is 15.8 Å². The van der Waals surface area contributed by atoms with Crippen LogP contribution in [-0.4, -0.2) is 17.7 Å². The zero-order valence-corrected chi connectivity index (χ0v) is 16.0. The Kier molecular flexibility index (Phi) is 3.58. The summed E-state index contributed by atoms with van der Waals surface area (Å²) in [7, 11) is 0. The second kappa shape index (κ2) is 6.11. The van der Waals surface area contributed by atoms with Gasteiger partial charge in [-0.15, -0.1) is 0 Å². The minimum atomic E-state index is -0.386. The molecule has 150 valence electrons. The van der Waals surface area contributed by atoms with Gasteiger partial charge in [0.05, 0.1) is 17.5 Å². The third kappa shape index (κ3) is 2.43. The van der Waals surface area contributed by atoms with Crippen LogP contribution in [-0.2, 0) is 9.59 Å². The Morgan fingerprint density at radius 1 is 0.933 bits per heavy atom. The van der Waals surface area contributed by atoms with Crippen molar-refractivity contribution in [3.05, 3.63) is 72.1 Å². The number of carbonyl (C=O) groups excluding carboxylic acids is 3. The first kappa shape index (κ1) is 17.6. The molecular formula is C24H19FN2O3. The summed E-state index contributed by atoms with van der Waals surface area (Å²) in [6.45, 7) is 0. The number of hydrogen-bond donors (Lipinski definition) is 1. The van der Waals surface area contributed by atoms with Gasteiger partial charge in [-0.2, -0.15) is 0 Å². The molecule has 1 heterocycles. The highest BCUT2D eigenvalue weighted by Crippen LogP contribution is 2.65. The van der Waals surface area contributed by atoms with E-state index in [2.05, 4.69) is 17.5 Å². The van der Waals surface area contributed by atoms with E-state index in [9.17, 15) is 18.8 Å². The predicted octanol–water partition coefficient (Wildman–Crippen LogP) is 3.64. The molecule has 3 amide bonds. The number of amides is 3. The Morgan fingerprint density at radius 2 is 1.57 bits per heavy atom. The van der Waals surface area contributed by atoms with Crippen LogP contribution in [0.3, 0.4) is 0 Å².